The minimum Gasteiger partial charge on any atom is -0.501 e. The van der Waals surface area contributed by atoms with Crippen LogP contribution < -0.4 is 0 Å². The molecule has 0 amide bonds. The van der Waals surface area contributed by atoms with Crippen LogP contribution in [-0.4, -0.2) is 13.2 Å². The molecule has 0 rings (SSSR count). The monoisotopic (exact) mass is 166 g/mol. The topological polar surface area (TPSA) is 18.5 Å². The Balaban J connectivity index is 3.45. The Kier molecular flexibility index (Phi) is 8.55. The van der Waals surface area contributed by atoms with Gasteiger partial charge < -0.3 is 9.47 Å². The molecule has 0 radical (unpaired) electrons. The second kappa shape index (κ2) is 9.64. The van der Waals surface area contributed by atoms with E-state index < -0.39 is 0 Å². The van der Waals surface area contributed by atoms with Gasteiger partial charge in [-0.25, -0.2) is 0 Å². The van der Waals surface area contributed by atoms with Crippen LogP contribution in [0.1, 0.15) is 13.8 Å². The maximum Gasteiger partial charge on any atom is 0.0912 e. The van der Waals surface area contributed by atoms with Crippen LogP contribution in [0.2, 0.25) is 0 Å². The summed E-state index contributed by atoms with van der Waals surface area (Å²) in [6.45, 7) is 5.19. The minimum atomic E-state index is 0.674. The van der Waals surface area contributed by atoms with Crippen LogP contribution in [0.25, 0.3) is 0 Å². The van der Waals surface area contributed by atoms with Crippen molar-refractivity contribution in [3.63, 3.8) is 0 Å². The largest absolute Gasteiger partial charge is 0.501 e. The molecule has 2 nitrogen and oxygen atoms in total. The lowest BCUT2D eigenvalue weighted by atomic mass is 10.5. The first-order valence-electron chi connectivity index (χ1n) is 3.96. The minimum absolute atomic E-state index is 0.674. The van der Waals surface area contributed by atoms with Crippen LogP contribution in [0.4, 0.5) is 0 Å². The van der Waals surface area contributed by atoms with Gasteiger partial charge in [0.1, 0.15) is 0 Å². The maximum atomic E-state index is 4.92. The normalized spacial score (nSPS) is 9.83. The van der Waals surface area contributed by atoms with E-state index in [9.17, 15) is 0 Å². The maximum absolute atomic E-state index is 4.92. The molecule has 0 heterocycles. The van der Waals surface area contributed by atoms with Gasteiger partial charge in [0, 0.05) is 12.2 Å². The van der Waals surface area contributed by atoms with Crippen LogP contribution in [-0.2, 0) is 9.47 Å². The lowest BCUT2D eigenvalue weighted by Crippen LogP contribution is -1.75. The van der Waals surface area contributed by atoms with E-state index in [0.717, 1.165) is 0 Å². The summed E-state index contributed by atoms with van der Waals surface area (Å²) >= 11 is 0. The van der Waals surface area contributed by atoms with Crippen molar-refractivity contribution in [2.24, 2.45) is 0 Å². The molecule has 0 atom stereocenters. The van der Waals surface area contributed by atoms with Crippen molar-refractivity contribution in [2.75, 3.05) is 13.2 Å². The summed E-state index contributed by atoms with van der Waals surface area (Å²) in [5.41, 5.74) is 0. The highest BCUT2D eigenvalue weighted by Gasteiger charge is 1.66. The number of ether oxygens (including phenoxy) is 2. The Morgan fingerprint density at radius 2 is 1.33 bits per heavy atom. The number of hydrogen-bond donors (Lipinski definition) is 0. The standard InChI is InChI=1S/C10H14O2/c1-3-11-9-7-5-6-8-10-12-4-2/h7-10H,3-4H2,1-2H3/b9-7-,10-8+. The Morgan fingerprint density at radius 3 is 1.67 bits per heavy atom. The fraction of sp³-hybridized carbons (Fsp3) is 0.400. The van der Waals surface area contributed by atoms with Gasteiger partial charge in [-0.05, 0) is 13.8 Å². The molecule has 12 heavy (non-hydrogen) atoms. The Morgan fingerprint density at radius 1 is 0.917 bits per heavy atom. The van der Waals surface area contributed by atoms with Crippen molar-refractivity contribution in [1.82, 2.24) is 0 Å². The van der Waals surface area contributed by atoms with Crippen molar-refractivity contribution >= 4 is 0 Å². The van der Waals surface area contributed by atoms with Gasteiger partial charge in [0.05, 0.1) is 25.7 Å². The number of rotatable bonds is 4. The zero-order valence-electron chi connectivity index (χ0n) is 7.54. The molecule has 0 aromatic rings. The van der Waals surface area contributed by atoms with Gasteiger partial charge in [-0.3, -0.25) is 0 Å². The average molecular weight is 166 g/mol. The predicted octanol–water partition coefficient (Wildman–Crippen LogP) is 2.09. The summed E-state index contributed by atoms with van der Waals surface area (Å²) in [6, 6.07) is 0. The van der Waals surface area contributed by atoms with E-state index in [1.54, 1.807) is 24.7 Å². The van der Waals surface area contributed by atoms with Gasteiger partial charge in [-0.2, -0.15) is 0 Å². The Bertz CT molecular complexity index is 174. The van der Waals surface area contributed by atoms with Gasteiger partial charge in [0.25, 0.3) is 0 Å². The molecule has 2 heteroatoms. The Hall–Kier alpha value is -1.36. The SMILES string of the molecule is CCO/C=C\C#C/C=C/OCC. The molecular formula is C10H14O2. The highest BCUT2D eigenvalue weighted by atomic mass is 16.5. The smallest absolute Gasteiger partial charge is 0.0912 e. The number of allylic oxidation sites excluding steroid dienone is 2. The molecule has 0 fully saturated rings. The van der Waals surface area contributed by atoms with Crippen LogP contribution in [0.3, 0.4) is 0 Å². The van der Waals surface area contributed by atoms with Crippen molar-refractivity contribution in [2.45, 2.75) is 13.8 Å². The van der Waals surface area contributed by atoms with E-state index in [0.29, 0.717) is 13.2 Å². The molecule has 0 aliphatic heterocycles. The summed E-state index contributed by atoms with van der Waals surface area (Å²) < 4.78 is 9.85. The zero-order valence-corrected chi connectivity index (χ0v) is 7.54. The third-order valence-corrected chi connectivity index (χ3v) is 0.912. The predicted molar refractivity (Wildman–Crippen MR) is 49.3 cm³/mol. The van der Waals surface area contributed by atoms with Crippen molar-refractivity contribution < 1.29 is 9.47 Å². The highest BCUT2D eigenvalue weighted by Crippen LogP contribution is 1.76. The average Bonchev–Trinajstić information content (AvgIpc) is 2.10. The third kappa shape index (κ3) is 8.64. The zero-order chi connectivity index (χ0) is 9.07. The lowest BCUT2D eigenvalue weighted by molar-refractivity contribution is 0.269. The van der Waals surface area contributed by atoms with Gasteiger partial charge in [0.2, 0.25) is 0 Å². The van der Waals surface area contributed by atoms with Gasteiger partial charge in [-0.1, -0.05) is 11.8 Å². The van der Waals surface area contributed by atoms with Crippen LogP contribution in [0.15, 0.2) is 24.7 Å². The summed E-state index contributed by atoms with van der Waals surface area (Å²) in [7, 11) is 0. The van der Waals surface area contributed by atoms with Gasteiger partial charge in [-0.15, -0.1) is 0 Å². The molecule has 0 aliphatic rings. The molecule has 0 bridgehead atoms. The molecule has 0 N–H and O–H groups in total. The quantitative estimate of drug-likeness (QED) is 0.470. The summed E-state index contributed by atoms with van der Waals surface area (Å²) in [6.07, 6.45) is 6.45. The second-order valence-corrected chi connectivity index (χ2v) is 1.80. The molecule has 0 spiro atoms. The van der Waals surface area contributed by atoms with Crippen LogP contribution in [0.5, 0.6) is 0 Å². The van der Waals surface area contributed by atoms with Gasteiger partial charge in [0.15, 0.2) is 0 Å². The molecular weight excluding hydrogens is 152 g/mol. The molecule has 0 unspecified atom stereocenters. The first kappa shape index (κ1) is 10.6. The molecule has 0 aromatic carbocycles. The molecule has 66 valence electrons. The van der Waals surface area contributed by atoms with E-state index in [-0.39, 0.29) is 0 Å². The van der Waals surface area contributed by atoms with Crippen LogP contribution >= 0.6 is 0 Å². The molecule has 0 aliphatic carbocycles. The van der Waals surface area contributed by atoms with Crippen molar-refractivity contribution in [3.8, 4) is 11.8 Å². The van der Waals surface area contributed by atoms with Crippen molar-refractivity contribution in [1.29, 1.82) is 0 Å². The van der Waals surface area contributed by atoms with E-state index in [1.807, 2.05) is 13.8 Å². The van der Waals surface area contributed by atoms with E-state index in [1.165, 1.54) is 0 Å². The van der Waals surface area contributed by atoms with E-state index >= 15 is 0 Å². The summed E-state index contributed by atoms with van der Waals surface area (Å²) in [4.78, 5) is 0. The highest BCUT2D eigenvalue weighted by molar-refractivity contribution is 5.21. The van der Waals surface area contributed by atoms with Crippen LogP contribution in [0, 0.1) is 11.8 Å². The summed E-state index contributed by atoms with van der Waals surface area (Å²) in [5, 5.41) is 0. The Labute approximate surface area is 73.9 Å². The number of hydrogen-bond acceptors (Lipinski definition) is 2. The molecule has 0 saturated carbocycles. The lowest BCUT2D eigenvalue weighted by Gasteiger charge is -1.87. The first-order valence-corrected chi connectivity index (χ1v) is 3.96. The molecule has 0 aromatic heterocycles. The third-order valence-electron chi connectivity index (χ3n) is 0.912. The second-order valence-electron chi connectivity index (χ2n) is 1.80. The molecule has 0 saturated heterocycles. The van der Waals surface area contributed by atoms with E-state index in [4.69, 9.17) is 9.47 Å². The fourth-order valence-electron chi connectivity index (χ4n) is 0.453. The fourth-order valence-corrected chi connectivity index (χ4v) is 0.453. The van der Waals surface area contributed by atoms with Crippen molar-refractivity contribution in [3.05, 3.63) is 24.7 Å². The van der Waals surface area contributed by atoms with Gasteiger partial charge >= 0.3 is 0 Å². The first-order chi connectivity index (χ1) is 5.91. The summed E-state index contributed by atoms with van der Waals surface area (Å²) in [5.74, 6) is 5.51. The van der Waals surface area contributed by atoms with E-state index in [2.05, 4.69) is 11.8 Å².